The summed E-state index contributed by atoms with van der Waals surface area (Å²) >= 11 is 0. The Morgan fingerprint density at radius 1 is 1.22 bits per heavy atom. The Morgan fingerprint density at radius 3 is 2.48 bits per heavy atom. The summed E-state index contributed by atoms with van der Waals surface area (Å²) in [5, 5.41) is 3.33. The van der Waals surface area contributed by atoms with Gasteiger partial charge in [-0.2, -0.15) is 13.8 Å². The zero-order valence-electron chi connectivity index (χ0n) is 15.8. The van der Waals surface area contributed by atoms with Crippen LogP contribution < -0.4 is 20.7 Å². The minimum Gasteiger partial charge on any atom is -0.415 e. The van der Waals surface area contributed by atoms with Crippen molar-refractivity contribution < 1.29 is 18.3 Å². The molecule has 1 saturated heterocycles. The lowest BCUT2D eigenvalue weighted by atomic mass is 9.52. The van der Waals surface area contributed by atoms with Gasteiger partial charge in [-0.1, -0.05) is 0 Å². The van der Waals surface area contributed by atoms with Gasteiger partial charge in [0.1, 0.15) is 5.82 Å². The fourth-order valence-electron chi connectivity index (χ4n) is 4.95. The van der Waals surface area contributed by atoms with E-state index in [4.69, 9.17) is 15.2 Å². The van der Waals surface area contributed by atoms with Crippen LogP contribution in [0.2, 0.25) is 0 Å². The predicted octanol–water partition coefficient (Wildman–Crippen LogP) is 2.98. The largest absolute Gasteiger partial charge is 0.415 e. The van der Waals surface area contributed by atoms with Crippen molar-refractivity contribution in [3.8, 4) is 5.88 Å². The predicted molar refractivity (Wildman–Crippen MR) is 99.4 cm³/mol. The normalized spacial score (nSPS) is 35.7. The molecule has 0 amide bonds. The molecule has 3 N–H and O–H groups in total. The third-order valence-corrected chi connectivity index (χ3v) is 5.90. The quantitative estimate of drug-likeness (QED) is 0.816. The third-order valence-electron chi connectivity index (χ3n) is 5.90. The molecule has 1 aromatic heterocycles. The molecular weight excluding hydrogens is 354 g/mol. The van der Waals surface area contributed by atoms with Gasteiger partial charge in [-0.25, -0.2) is 0 Å². The second-order valence-corrected chi connectivity index (χ2v) is 8.48. The van der Waals surface area contributed by atoms with Gasteiger partial charge in [0.05, 0.1) is 17.9 Å². The Balaban J connectivity index is 1.46. The molecule has 2 atom stereocenters. The van der Waals surface area contributed by atoms with Gasteiger partial charge in [0.25, 0.3) is 0 Å². The number of hydrogen-bond acceptors (Lipinski definition) is 6. The third kappa shape index (κ3) is 3.96. The average Bonchev–Trinajstić information content (AvgIpc) is 2.51. The SMILES string of the molecule is C[C@@H]1CN(c2ccc(NC3CC4(CC(N)C4)C3)c(OC(F)F)n2)C[C@H](C)O1. The number of halogens is 2. The minimum atomic E-state index is -2.91. The molecule has 0 aromatic carbocycles. The van der Waals surface area contributed by atoms with E-state index in [0.717, 1.165) is 25.7 Å². The summed E-state index contributed by atoms with van der Waals surface area (Å²) in [4.78, 5) is 6.44. The molecule has 3 fully saturated rings. The first-order chi connectivity index (χ1) is 12.8. The maximum Gasteiger partial charge on any atom is 0.388 e. The van der Waals surface area contributed by atoms with Gasteiger partial charge in [-0.05, 0) is 57.1 Å². The van der Waals surface area contributed by atoms with E-state index in [9.17, 15) is 8.78 Å². The number of anilines is 2. The summed E-state index contributed by atoms with van der Waals surface area (Å²) in [6, 6.07) is 4.23. The molecule has 1 spiro atoms. The Morgan fingerprint density at radius 2 is 1.89 bits per heavy atom. The van der Waals surface area contributed by atoms with Gasteiger partial charge in [0.15, 0.2) is 0 Å². The maximum atomic E-state index is 12.9. The van der Waals surface area contributed by atoms with Gasteiger partial charge in [-0.3, -0.25) is 0 Å². The Hall–Kier alpha value is -1.67. The summed E-state index contributed by atoms with van der Waals surface area (Å²) in [5.41, 5.74) is 6.79. The maximum absolute atomic E-state index is 12.9. The molecule has 2 heterocycles. The van der Waals surface area contributed by atoms with E-state index in [-0.39, 0.29) is 24.1 Å². The van der Waals surface area contributed by atoms with Crippen LogP contribution >= 0.6 is 0 Å². The summed E-state index contributed by atoms with van der Waals surface area (Å²) in [7, 11) is 0. The van der Waals surface area contributed by atoms with Crippen LogP contribution in [0.5, 0.6) is 5.88 Å². The van der Waals surface area contributed by atoms with Crippen LogP contribution in [-0.4, -0.2) is 49.0 Å². The highest BCUT2D eigenvalue weighted by Gasteiger charge is 2.51. The number of nitrogens with one attached hydrogen (secondary N) is 1. The molecule has 6 nitrogen and oxygen atoms in total. The number of alkyl halides is 2. The number of aromatic nitrogens is 1. The number of nitrogens with two attached hydrogens (primary N) is 1. The van der Waals surface area contributed by atoms with Crippen molar-refractivity contribution in [2.75, 3.05) is 23.3 Å². The Bertz CT molecular complexity index is 666. The first-order valence-corrected chi connectivity index (χ1v) is 9.70. The van der Waals surface area contributed by atoms with Crippen LogP contribution in [0.1, 0.15) is 39.5 Å². The van der Waals surface area contributed by atoms with Gasteiger partial charge < -0.3 is 25.4 Å². The summed E-state index contributed by atoms with van der Waals surface area (Å²) < 4.78 is 36.3. The Labute approximate surface area is 158 Å². The van der Waals surface area contributed by atoms with E-state index in [1.807, 2.05) is 19.9 Å². The molecule has 3 aliphatic rings. The van der Waals surface area contributed by atoms with Crippen molar-refractivity contribution in [2.45, 2.75) is 70.4 Å². The zero-order valence-corrected chi connectivity index (χ0v) is 15.8. The summed E-state index contributed by atoms with van der Waals surface area (Å²) in [6.07, 6.45) is 4.30. The van der Waals surface area contributed by atoms with Crippen molar-refractivity contribution in [1.29, 1.82) is 0 Å². The second kappa shape index (κ2) is 7.05. The smallest absolute Gasteiger partial charge is 0.388 e. The van der Waals surface area contributed by atoms with Crippen LogP contribution in [0.15, 0.2) is 12.1 Å². The number of rotatable bonds is 5. The first kappa shape index (κ1) is 18.7. The van der Waals surface area contributed by atoms with E-state index >= 15 is 0 Å². The lowest BCUT2D eigenvalue weighted by molar-refractivity contribution is -0.0526. The number of nitrogens with zero attached hydrogens (tertiary/aromatic N) is 2. The molecule has 1 aliphatic heterocycles. The molecule has 27 heavy (non-hydrogen) atoms. The van der Waals surface area contributed by atoms with Gasteiger partial charge in [0, 0.05) is 25.2 Å². The molecule has 0 bridgehead atoms. The molecule has 150 valence electrons. The molecule has 2 saturated carbocycles. The fourth-order valence-corrected chi connectivity index (χ4v) is 4.95. The molecule has 0 radical (unpaired) electrons. The van der Waals surface area contributed by atoms with Crippen LogP contribution in [0.3, 0.4) is 0 Å². The molecular formula is C19H28F2N4O2. The monoisotopic (exact) mass is 382 g/mol. The molecule has 8 heteroatoms. The molecule has 2 aliphatic carbocycles. The van der Waals surface area contributed by atoms with Crippen molar-refractivity contribution in [2.24, 2.45) is 11.1 Å². The van der Waals surface area contributed by atoms with Crippen molar-refractivity contribution in [3.05, 3.63) is 12.1 Å². The van der Waals surface area contributed by atoms with Crippen LogP contribution in [-0.2, 0) is 4.74 Å². The minimum absolute atomic E-state index is 0.0411. The number of hydrogen-bond donors (Lipinski definition) is 2. The van der Waals surface area contributed by atoms with E-state index < -0.39 is 6.61 Å². The van der Waals surface area contributed by atoms with Crippen LogP contribution in [0.4, 0.5) is 20.3 Å². The van der Waals surface area contributed by atoms with Crippen molar-refractivity contribution >= 4 is 11.5 Å². The van der Waals surface area contributed by atoms with Crippen LogP contribution in [0, 0.1) is 5.41 Å². The van der Waals surface area contributed by atoms with Gasteiger partial charge in [0.2, 0.25) is 5.88 Å². The number of morpholine rings is 1. The highest BCUT2D eigenvalue weighted by atomic mass is 19.3. The van der Waals surface area contributed by atoms with Crippen LogP contribution in [0.25, 0.3) is 0 Å². The zero-order chi connectivity index (χ0) is 19.2. The van der Waals surface area contributed by atoms with Gasteiger partial charge >= 0.3 is 6.61 Å². The lowest BCUT2D eigenvalue weighted by Crippen LogP contribution is -2.57. The molecule has 1 aromatic rings. The number of ether oxygens (including phenoxy) is 2. The van der Waals surface area contributed by atoms with E-state index in [2.05, 4.69) is 15.2 Å². The first-order valence-electron chi connectivity index (χ1n) is 9.70. The van der Waals surface area contributed by atoms with E-state index in [0.29, 0.717) is 36.1 Å². The number of pyridine rings is 1. The average molecular weight is 382 g/mol. The van der Waals surface area contributed by atoms with Crippen molar-refractivity contribution in [1.82, 2.24) is 4.98 Å². The summed E-state index contributed by atoms with van der Waals surface area (Å²) in [6.45, 7) is 2.42. The van der Waals surface area contributed by atoms with Gasteiger partial charge in [-0.15, -0.1) is 0 Å². The Kier molecular flexibility index (Phi) is 4.88. The highest BCUT2D eigenvalue weighted by molar-refractivity contribution is 5.59. The second-order valence-electron chi connectivity index (χ2n) is 8.48. The molecule has 0 unspecified atom stereocenters. The summed E-state index contributed by atoms with van der Waals surface area (Å²) in [5.74, 6) is 0.591. The fraction of sp³-hybridized carbons (Fsp3) is 0.737. The topological polar surface area (TPSA) is 72.6 Å². The van der Waals surface area contributed by atoms with Crippen molar-refractivity contribution in [3.63, 3.8) is 0 Å². The van der Waals surface area contributed by atoms with E-state index in [1.54, 1.807) is 6.07 Å². The molecule has 4 rings (SSSR count). The lowest BCUT2D eigenvalue weighted by Gasteiger charge is -2.57. The van der Waals surface area contributed by atoms with E-state index in [1.165, 1.54) is 0 Å². The highest BCUT2D eigenvalue weighted by Crippen LogP contribution is 2.56. The standard InChI is InChI=1S/C19H28F2N4O2/c1-11-9-25(10-12(2)26-11)16-4-3-15(17(24-16)27-18(20)21)23-14-7-19(8-14)5-13(22)6-19/h3-4,11-14,18,23H,5-10,22H2,1-2H3/t11-,12+,13?,14?,19?.